The van der Waals surface area contributed by atoms with Gasteiger partial charge in [-0.15, -0.1) is 0 Å². The maximum atomic E-state index is 12.3. The Labute approximate surface area is 108 Å². The molecule has 0 aromatic heterocycles. The topological polar surface area (TPSA) is 77.8 Å². The third kappa shape index (κ3) is 3.22. The predicted molar refractivity (Wildman–Crippen MR) is 66.9 cm³/mol. The van der Waals surface area contributed by atoms with Gasteiger partial charge in [0.2, 0.25) is 5.91 Å². The van der Waals surface area contributed by atoms with E-state index in [1.165, 1.54) is 0 Å². The Morgan fingerprint density at radius 2 is 1.89 bits per heavy atom. The van der Waals surface area contributed by atoms with Gasteiger partial charge in [0.1, 0.15) is 5.92 Å². The summed E-state index contributed by atoms with van der Waals surface area (Å²) >= 11 is 0. The highest BCUT2D eigenvalue weighted by molar-refractivity contribution is 5.97. The first-order valence-corrected chi connectivity index (χ1v) is 6.34. The molecule has 18 heavy (non-hydrogen) atoms. The van der Waals surface area contributed by atoms with Crippen LogP contribution in [0.15, 0.2) is 0 Å². The summed E-state index contributed by atoms with van der Waals surface area (Å²) in [5, 5.41) is 18.9. The van der Waals surface area contributed by atoms with Crippen LogP contribution in [0.3, 0.4) is 0 Å². The lowest BCUT2D eigenvalue weighted by Gasteiger charge is -2.38. The summed E-state index contributed by atoms with van der Waals surface area (Å²) in [6.45, 7) is 8.00. The number of piperidine rings is 1. The number of aliphatic carboxylic acids is 1. The van der Waals surface area contributed by atoms with E-state index < -0.39 is 23.4 Å². The second-order valence-electron chi connectivity index (χ2n) is 6.25. The van der Waals surface area contributed by atoms with Crippen LogP contribution in [0.1, 0.15) is 34.1 Å². The molecule has 0 aliphatic carbocycles. The Hall–Kier alpha value is -1.10. The van der Waals surface area contributed by atoms with Crippen molar-refractivity contribution in [1.82, 2.24) is 4.90 Å². The number of hydrogen-bond acceptors (Lipinski definition) is 3. The third-order valence-electron chi connectivity index (χ3n) is 3.53. The van der Waals surface area contributed by atoms with Crippen molar-refractivity contribution in [3.63, 3.8) is 0 Å². The highest BCUT2D eigenvalue weighted by Gasteiger charge is 2.41. The first kappa shape index (κ1) is 15.0. The third-order valence-corrected chi connectivity index (χ3v) is 3.53. The number of aliphatic hydroxyl groups is 1. The van der Waals surface area contributed by atoms with Crippen LogP contribution in [-0.4, -0.2) is 46.2 Å². The van der Waals surface area contributed by atoms with Crippen LogP contribution in [0.5, 0.6) is 0 Å². The highest BCUT2D eigenvalue weighted by atomic mass is 16.4. The molecule has 0 spiro atoms. The lowest BCUT2D eigenvalue weighted by Crippen LogP contribution is -2.51. The van der Waals surface area contributed by atoms with Crippen molar-refractivity contribution in [3.05, 3.63) is 0 Å². The summed E-state index contributed by atoms with van der Waals surface area (Å²) in [4.78, 5) is 25.2. The first-order chi connectivity index (χ1) is 8.14. The fraction of sp³-hybridized carbons (Fsp3) is 0.846. The normalized spacial score (nSPS) is 26.8. The number of hydrogen-bond donors (Lipinski definition) is 2. The molecule has 0 aromatic carbocycles. The van der Waals surface area contributed by atoms with Crippen molar-refractivity contribution in [1.29, 1.82) is 0 Å². The van der Waals surface area contributed by atoms with Crippen molar-refractivity contribution in [2.24, 2.45) is 17.3 Å². The number of likely N-dealkylation sites (tertiary alicyclic amines) is 1. The highest BCUT2D eigenvalue weighted by Crippen LogP contribution is 2.29. The van der Waals surface area contributed by atoms with Crippen molar-refractivity contribution in [2.75, 3.05) is 13.1 Å². The van der Waals surface area contributed by atoms with Gasteiger partial charge in [-0.3, -0.25) is 9.59 Å². The van der Waals surface area contributed by atoms with Crippen molar-refractivity contribution < 1.29 is 19.8 Å². The molecular formula is C13H23NO4. The van der Waals surface area contributed by atoms with Crippen LogP contribution in [0.25, 0.3) is 0 Å². The zero-order valence-corrected chi connectivity index (χ0v) is 11.5. The predicted octanol–water partition coefficient (Wildman–Crippen LogP) is 0.963. The monoisotopic (exact) mass is 257 g/mol. The minimum atomic E-state index is -1.08. The van der Waals surface area contributed by atoms with E-state index in [0.29, 0.717) is 19.5 Å². The molecule has 1 heterocycles. The molecule has 3 unspecified atom stereocenters. The van der Waals surface area contributed by atoms with Gasteiger partial charge >= 0.3 is 5.97 Å². The molecule has 1 aliphatic heterocycles. The van der Waals surface area contributed by atoms with E-state index in [1.807, 2.05) is 6.92 Å². The maximum Gasteiger partial charge on any atom is 0.316 e. The molecule has 0 saturated carbocycles. The van der Waals surface area contributed by atoms with E-state index >= 15 is 0 Å². The number of aliphatic hydroxyl groups excluding tert-OH is 1. The van der Waals surface area contributed by atoms with Crippen LogP contribution >= 0.6 is 0 Å². The molecule has 5 heteroatoms. The van der Waals surface area contributed by atoms with E-state index in [4.69, 9.17) is 0 Å². The molecule has 3 atom stereocenters. The zero-order valence-electron chi connectivity index (χ0n) is 11.5. The van der Waals surface area contributed by atoms with Gasteiger partial charge in [0.05, 0.1) is 6.10 Å². The van der Waals surface area contributed by atoms with E-state index in [2.05, 4.69) is 0 Å². The molecule has 1 amide bonds. The second-order valence-corrected chi connectivity index (χ2v) is 6.25. The summed E-state index contributed by atoms with van der Waals surface area (Å²) < 4.78 is 0. The first-order valence-electron chi connectivity index (χ1n) is 6.34. The van der Waals surface area contributed by atoms with E-state index in [0.717, 1.165) is 0 Å². The van der Waals surface area contributed by atoms with Gasteiger partial charge in [0.15, 0.2) is 0 Å². The van der Waals surface area contributed by atoms with Crippen LogP contribution < -0.4 is 0 Å². The molecular weight excluding hydrogens is 234 g/mol. The van der Waals surface area contributed by atoms with Crippen molar-refractivity contribution >= 4 is 11.9 Å². The lowest BCUT2D eigenvalue weighted by molar-refractivity contribution is -0.157. The summed E-state index contributed by atoms with van der Waals surface area (Å²) in [5.41, 5.74) is -0.609. The van der Waals surface area contributed by atoms with Gasteiger partial charge in [-0.05, 0) is 17.8 Å². The van der Waals surface area contributed by atoms with E-state index in [-0.39, 0.29) is 11.8 Å². The number of nitrogens with zero attached hydrogens (tertiary/aromatic N) is 1. The van der Waals surface area contributed by atoms with E-state index in [9.17, 15) is 19.8 Å². The summed E-state index contributed by atoms with van der Waals surface area (Å²) in [6, 6.07) is 0. The number of carboxylic acids is 1. The number of carbonyl (C=O) groups excluding carboxylic acids is 1. The van der Waals surface area contributed by atoms with Crippen LogP contribution in [0, 0.1) is 17.3 Å². The fourth-order valence-electron chi connectivity index (χ4n) is 2.36. The molecule has 1 rings (SSSR count). The lowest BCUT2D eigenvalue weighted by atomic mass is 9.79. The molecule has 2 N–H and O–H groups in total. The Balaban J connectivity index is 2.82. The Morgan fingerprint density at radius 3 is 2.28 bits per heavy atom. The molecule has 0 radical (unpaired) electrons. The van der Waals surface area contributed by atoms with Gasteiger partial charge in [-0.1, -0.05) is 27.7 Å². The SMILES string of the molecule is CC1CN(C(=O)C(C(=O)O)C(C)(C)C)CCC1O. The standard InChI is InChI=1S/C13H23NO4/c1-8-7-14(6-5-9(8)15)11(16)10(12(17)18)13(2,3)4/h8-10,15H,5-7H2,1-4H3,(H,17,18). The maximum absolute atomic E-state index is 12.3. The minimum Gasteiger partial charge on any atom is -0.481 e. The molecule has 104 valence electrons. The Morgan fingerprint density at radius 1 is 1.33 bits per heavy atom. The minimum absolute atomic E-state index is 0.00267. The number of rotatable bonds is 2. The van der Waals surface area contributed by atoms with Gasteiger partial charge in [-0.2, -0.15) is 0 Å². The molecule has 0 bridgehead atoms. The molecule has 5 nitrogen and oxygen atoms in total. The Kier molecular flexibility index (Phi) is 4.37. The zero-order chi connectivity index (χ0) is 14.1. The average molecular weight is 257 g/mol. The van der Waals surface area contributed by atoms with Crippen LogP contribution in [0.4, 0.5) is 0 Å². The van der Waals surface area contributed by atoms with Crippen molar-refractivity contribution in [2.45, 2.75) is 40.2 Å². The quantitative estimate of drug-likeness (QED) is 0.722. The van der Waals surface area contributed by atoms with E-state index in [1.54, 1.807) is 25.7 Å². The van der Waals surface area contributed by atoms with Crippen LogP contribution in [0.2, 0.25) is 0 Å². The number of carboxylic acid groups (broad SMARTS) is 1. The molecule has 1 fully saturated rings. The summed E-state index contributed by atoms with van der Waals surface area (Å²) in [5.74, 6) is -2.45. The smallest absolute Gasteiger partial charge is 0.316 e. The number of carbonyl (C=O) groups is 2. The molecule has 0 aromatic rings. The summed E-state index contributed by atoms with van der Waals surface area (Å²) in [6.07, 6.45) is 0.121. The van der Waals surface area contributed by atoms with Gasteiger partial charge in [0.25, 0.3) is 0 Å². The van der Waals surface area contributed by atoms with Crippen molar-refractivity contribution in [3.8, 4) is 0 Å². The Bertz CT molecular complexity index is 334. The largest absolute Gasteiger partial charge is 0.481 e. The number of amides is 1. The second kappa shape index (κ2) is 5.26. The van der Waals surface area contributed by atoms with Gasteiger partial charge < -0.3 is 15.1 Å². The summed E-state index contributed by atoms with van der Waals surface area (Å²) in [7, 11) is 0. The average Bonchev–Trinajstić information content (AvgIpc) is 2.19. The fourth-order valence-corrected chi connectivity index (χ4v) is 2.36. The molecule has 1 saturated heterocycles. The van der Waals surface area contributed by atoms with Crippen LogP contribution in [-0.2, 0) is 9.59 Å². The van der Waals surface area contributed by atoms with Gasteiger partial charge in [0, 0.05) is 13.1 Å². The molecule has 1 aliphatic rings. The van der Waals surface area contributed by atoms with Gasteiger partial charge in [-0.25, -0.2) is 0 Å².